The maximum absolute atomic E-state index is 12.2. The molecule has 0 unspecified atom stereocenters. The Morgan fingerprint density at radius 2 is 1.72 bits per heavy atom. The predicted molar refractivity (Wildman–Crippen MR) is 93.4 cm³/mol. The van der Waals surface area contributed by atoms with Gasteiger partial charge in [0, 0.05) is 31.2 Å². The van der Waals surface area contributed by atoms with Crippen LogP contribution in [0, 0.1) is 6.92 Å². The number of amides is 4. The van der Waals surface area contributed by atoms with E-state index in [1.54, 1.807) is 17.9 Å². The molecular weight excluding hydrogens is 322 g/mol. The molecule has 2 fully saturated rings. The quantitative estimate of drug-likeness (QED) is 0.781. The third-order valence-corrected chi connectivity index (χ3v) is 4.92. The summed E-state index contributed by atoms with van der Waals surface area (Å²) in [5.74, 6) is 1.08. The van der Waals surface area contributed by atoms with Gasteiger partial charge in [-0.3, -0.25) is 5.32 Å². The van der Waals surface area contributed by atoms with Gasteiger partial charge >= 0.3 is 12.1 Å². The lowest BCUT2D eigenvalue weighted by atomic mass is 9.96. The minimum atomic E-state index is -0.182. The highest BCUT2D eigenvalue weighted by atomic mass is 16.5. The smallest absolute Gasteiger partial charge is 0.323 e. The first-order chi connectivity index (χ1) is 12.1. The van der Waals surface area contributed by atoms with Gasteiger partial charge in [-0.05, 0) is 32.6 Å². The maximum Gasteiger partial charge on any atom is 0.323 e. The number of hydrogen-bond acceptors (Lipinski definition) is 4. The number of hydrogen-bond donors (Lipinski definition) is 3. The van der Waals surface area contributed by atoms with E-state index < -0.39 is 0 Å². The van der Waals surface area contributed by atoms with E-state index in [2.05, 4.69) is 21.1 Å². The lowest BCUT2D eigenvalue weighted by Gasteiger charge is -2.32. The fraction of sp³-hybridized carbons (Fsp3) is 0.706. The average molecular weight is 349 g/mol. The molecule has 1 saturated carbocycles. The first-order valence-corrected chi connectivity index (χ1v) is 9.16. The summed E-state index contributed by atoms with van der Waals surface area (Å²) in [4.78, 5) is 26.0. The molecule has 138 valence electrons. The fourth-order valence-corrected chi connectivity index (χ4v) is 3.50. The van der Waals surface area contributed by atoms with Crippen LogP contribution < -0.4 is 16.0 Å². The Labute approximate surface area is 147 Å². The number of aromatic nitrogens is 1. The summed E-state index contributed by atoms with van der Waals surface area (Å²) >= 11 is 0. The average Bonchev–Trinajstić information content (AvgIpc) is 3.01. The van der Waals surface area contributed by atoms with Crippen LogP contribution in [-0.4, -0.2) is 47.3 Å². The lowest BCUT2D eigenvalue weighted by molar-refractivity contribution is 0.186. The number of likely N-dealkylation sites (tertiary alicyclic amines) is 1. The molecule has 8 heteroatoms. The van der Waals surface area contributed by atoms with Crippen LogP contribution in [-0.2, 0) is 0 Å². The monoisotopic (exact) mass is 349 g/mol. The maximum atomic E-state index is 12.2. The largest absolute Gasteiger partial charge is 0.360 e. The summed E-state index contributed by atoms with van der Waals surface area (Å²) in [6, 6.07) is 1.85. The topological polar surface area (TPSA) is 99.5 Å². The standard InChI is InChI=1S/C17H27N5O3/c1-12-11-15(21-25-12)20-17(24)22-9-7-14(8-10-22)19-16(23)18-13-5-3-2-4-6-13/h11,13-14H,2-10H2,1H3,(H2,18,19,23)(H,20,21,24). The highest BCUT2D eigenvalue weighted by molar-refractivity contribution is 5.88. The Balaban J connectivity index is 1.37. The molecule has 2 aliphatic rings. The van der Waals surface area contributed by atoms with Crippen LogP contribution in [0.1, 0.15) is 50.7 Å². The van der Waals surface area contributed by atoms with Gasteiger partial charge in [0.15, 0.2) is 5.82 Å². The summed E-state index contributed by atoms with van der Waals surface area (Å²) in [5.41, 5.74) is 0. The van der Waals surface area contributed by atoms with Crippen LogP contribution in [0.2, 0.25) is 0 Å². The van der Waals surface area contributed by atoms with Crippen LogP contribution >= 0.6 is 0 Å². The normalized spacial score (nSPS) is 19.5. The molecule has 8 nitrogen and oxygen atoms in total. The van der Waals surface area contributed by atoms with Crippen molar-refractivity contribution in [2.24, 2.45) is 0 Å². The number of aryl methyl sites for hydroxylation is 1. The molecule has 1 saturated heterocycles. The molecule has 0 bridgehead atoms. The second-order valence-electron chi connectivity index (χ2n) is 6.97. The minimum Gasteiger partial charge on any atom is -0.360 e. The summed E-state index contributed by atoms with van der Waals surface area (Å²) < 4.78 is 4.94. The predicted octanol–water partition coefficient (Wildman–Crippen LogP) is 2.61. The number of carbonyl (C=O) groups is 2. The molecule has 0 spiro atoms. The number of piperidine rings is 1. The van der Waals surface area contributed by atoms with E-state index in [0.717, 1.165) is 25.7 Å². The highest BCUT2D eigenvalue weighted by Gasteiger charge is 2.25. The zero-order valence-electron chi connectivity index (χ0n) is 14.7. The third kappa shape index (κ3) is 5.11. The van der Waals surface area contributed by atoms with Gasteiger partial charge in [-0.15, -0.1) is 0 Å². The van der Waals surface area contributed by atoms with Crippen molar-refractivity contribution < 1.29 is 14.1 Å². The molecule has 3 N–H and O–H groups in total. The van der Waals surface area contributed by atoms with Gasteiger partial charge in [0.25, 0.3) is 0 Å². The Morgan fingerprint density at radius 3 is 2.32 bits per heavy atom. The van der Waals surface area contributed by atoms with Crippen molar-refractivity contribution in [2.75, 3.05) is 18.4 Å². The summed E-state index contributed by atoms with van der Waals surface area (Å²) in [7, 11) is 0. The van der Waals surface area contributed by atoms with Crippen LogP contribution in [0.25, 0.3) is 0 Å². The summed E-state index contributed by atoms with van der Waals surface area (Å²) in [6.07, 6.45) is 7.33. The number of urea groups is 2. The number of nitrogens with zero attached hydrogens (tertiary/aromatic N) is 2. The van der Waals surface area contributed by atoms with Crippen molar-refractivity contribution in [3.05, 3.63) is 11.8 Å². The van der Waals surface area contributed by atoms with Crippen molar-refractivity contribution >= 4 is 17.9 Å². The molecule has 3 rings (SSSR count). The van der Waals surface area contributed by atoms with E-state index in [4.69, 9.17) is 4.52 Å². The van der Waals surface area contributed by atoms with E-state index >= 15 is 0 Å². The molecule has 4 amide bonds. The zero-order chi connectivity index (χ0) is 17.6. The van der Waals surface area contributed by atoms with E-state index in [0.29, 0.717) is 30.7 Å². The van der Waals surface area contributed by atoms with Crippen molar-refractivity contribution in [3.63, 3.8) is 0 Å². The number of rotatable bonds is 3. The van der Waals surface area contributed by atoms with Gasteiger partial charge in [-0.1, -0.05) is 24.4 Å². The molecule has 1 aliphatic carbocycles. The van der Waals surface area contributed by atoms with Gasteiger partial charge in [0.2, 0.25) is 0 Å². The Kier molecular flexibility index (Phi) is 5.78. The summed E-state index contributed by atoms with van der Waals surface area (Å²) in [6.45, 7) is 2.99. The first-order valence-electron chi connectivity index (χ1n) is 9.16. The Bertz CT molecular complexity index is 589. The first kappa shape index (κ1) is 17.6. The number of nitrogens with one attached hydrogen (secondary N) is 3. The molecule has 0 radical (unpaired) electrons. The van der Waals surface area contributed by atoms with Crippen molar-refractivity contribution in [1.82, 2.24) is 20.7 Å². The second-order valence-corrected chi connectivity index (χ2v) is 6.97. The van der Waals surface area contributed by atoms with Crippen LogP contribution in [0.3, 0.4) is 0 Å². The van der Waals surface area contributed by atoms with Crippen molar-refractivity contribution in [1.29, 1.82) is 0 Å². The van der Waals surface area contributed by atoms with Crippen LogP contribution in [0.5, 0.6) is 0 Å². The lowest BCUT2D eigenvalue weighted by Crippen LogP contribution is -2.51. The van der Waals surface area contributed by atoms with Crippen LogP contribution in [0.4, 0.5) is 15.4 Å². The van der Waals surface area contributed by atoms with E-state index in [1.165, 1.54) is 19.3 Å². The van der Waals surface area contributed by atoms with Crippen LogP contribution in [0.15, 0.2) is 10.6 Å². The SMILES string of the molecule is Cc1cc(NC(=O)N2CCC(NC(=O)NC3CCCCC3)CC2)no1. The van der Waals surface area contributed by atoms with Gasteiger partial charge < -0.3 is 20.1 Å². The third-order valence-electron chi connectivity index (χ3n) is 4.92. The fourth-order valence-electron chi connectivity index (χ4n) is 3.50. The van der Waals surface area contributed by atoms with Crippen molar-refractivity contribution in [2.45, 2.75) is 64.0 Å². The second kappa shape index (κ2) is 8.22. The van der Waals surface area contributed by atoms with Gasteiger partial charge in [0.1, 0.15) is 5.76 Å². The molecular formula is C17H27N5O3. The van der Waals surface area contributed by atoms with E-state index in [9.17, 15) is 9.59 Å². The van der Waals surface area contributed by atoms with E-state index in [-0.39, 0.29) is 18.1 Å². The number of anilines is 1. The molecule has 0 atom stereocenters. The zero-order valence-corrected chi connectivity index (χ0v) is 14.7. The van der Waals surface area contributed by atoms with E-state index in [1.807, 2.05) is 0 Å². The Hall–Kier alpha value is -2.25. The van der Waals surface area contributed by atoms with Gasteiger partial charge in [-0.2, -0.15) is 0 Å². The van der Waals surface area contributed by atoms with Gasteiger partial charge in [0.05, 0.1) is 0 Å². The number of carbonyl (C=O) groups excluding carboxylic acids is 2. The summed E-state index contributed by atoms with van der Waals surface area (Å²) in [5, 5.41) is 12.6. The molecule has 25 heavy (non-hydrogen) atoms. The minimum absolute atomic E-state index is 0.0760. The van der Waals surface area contributed by atoms with Gasteiger partial charge in [-0.25, -0.2) is 9.59 Å². The Morgan fingerprint density at radius 1 is 1.08 bits per heavy atom. The van der Waals surface area contributed by atoms with Crippen molar-refractivity contribution in [3.8, 4) is 0 Å². The molecule has 1 aromatic heterocycles. The highest BCUT2D eigenvalue weighted by Crippen LogP contribution is 2.17. The molecule has 0 aromatic carbocycles. The molecule has 1 aliphatic heterocycles. The molecule has 2 heterocycles. The molecule has 1 aromatic rings.